The average molecular weight is 265 g/mol. The van der Waals surface area contributed by atoms with Crippen LogP contribution in [0.1, 0.15) is 19.5 Å². The SMILES string of the molecule is CCN(CC)CCNc1ncnc2snc(C)c12. The van der Waals surface area contributed by atoms with Crippen LogP contribution >= 0.6 is 11.5 Å². The Morgan fingerprint density at radius 3 is 2.78 bits per heavy atom. The number of anilines is 1. The van der Waals surface area contributed by atoms with Gasteiger partial charge in [-0.05, 0) is 31.5 Å². The number of aryl methyl sites for hydroxylation is 1. The van der Waals surface area contributed by atoms with Crippen molar-refractivity contribution in [3.63, 3.8) is 0 Å². The fourth-order valence-electron chi connectivity index (χ4n) is 1.93. The van der Waals surface area contributed by atoms with Crippen molar-refractivity contribution in [2.24, 2.45) is 0 Å². The van der Waals surface area contributed by atoms with E-state index in [1.165, 1.54) is 11.5 Å². The van der Waals surface area contributed by atoms with E-state index in [0.29, 0.717) is 0 Å². The summed E-state index contributed by atoms with van der Waals surface area (Å²) in [4.78, 5) is 11.9. The molecule has 0 atom stereocenters. The van der Waals surface area contributed by atoms with Gasteiger partial charge in [0.15, 0.2) is 0 Å². The lowest BCUT2D eigenvalue weighted by Crippen LogP contribution is -2.28. The maximum atomic E-state index is 4.32. The molecule has 0 bridgehead atoms. The topological polar surface area (TPSA) is 53.9 Å². The lowest BCUT2D eigenvalue weighted by Gasteiger charge is -2.18. The molecular formula is C12H19N5S. The molecule has 1 N–H and O–H groups in total. The maximum Gasteiger partial charge on any atom is 0.149 e. The summed E-state index contributed by atoms with van der Waals surface area (Å²) in [7, 11) is 0. The lowest BCUT2D eigenvalue weighted by atomic mass is 10.3. The second kappa shape index (κ2) is 6.06. The van der Waals surface area contributed by atoms with Crippen LogP contribution in [0.3, 0.4) is 0 Å². The first-order chi connectivity index (χ1) is 8.76. The van der Waals surface area contributed by atoms with Crippen molar-refractivity contribution in [2.45, 2.75) is 20.8 Å². The predicted molar refractivity (Wildman–Crippen MR) is 76.2 cm³/mol. The second-order valence-electron chi connectivity index (χ2n) is 4.12. The van der Waals surface area contributed by atoms with Crippen molar-refractivity contribution in [3.05, 3.63) is 12.0 Å². The minimum atomic E-state index is 0.892. The molecule has 0 amide bonds. The second-order valence-corrected chi connectivity index (χ2v) is 4.88. The van der Waals surface area contributed by atoms with Gasteiger partial charge in [-0.3, -0.25) is 0 Å². The molecule has 2 aromatic heterocycles. The van der Waals surface area contributed by atoms with E-state index < -0.39 is 0 Å². The van der Waals surface area contributed by atoms with Crippen LogP contribution in [0.5, 0.6) is 0 Å². The van der Waals surface area contributed by atoms with E-state index in [0.717, 1.165) is 47.9 Å². The van der Waals surface area contributed by atoms with Gasteiger partial charge in [-0.25, -0.2) is 9.97 Å². The molecule has 2 aromatic rings. The van der Waals surface area contributed by atoms with Crippen LogP contribution in [-0.2, 0) is 0 Å². The fourth-order valence-corrected chi connectivity index (χ4v) is 2.67. The van der Waals surface area contributed by atoms with Crippen LogP contribution in [0.2, 0.25) is 0 Å². The lowest BCUT2D eigenvalue weighted by molar-refractivity contribution is 0.316. The molecule has 0 aliphatic heterocycles. The van der Waals surface area contributed by atoms with Gasteiger partial charge in [0.25, 0.3) is 0 Å². The standard InChI is InChI=1S/C12H19N5S/c1-4-17(5-2)7-6-13-11-10-9(3)16-18-12(10)15-8-14-11/h8H,4-7H2,1-3H3,(H,13,14,15). The molecule has 18 heavy (non-hydrogen) atoms. The third kappa shape index (κ3) is 2.76. The largest absolute Gasteiger partial charge is 0.368 e. The van der Waals surface area contributed by atoms with E-state index in [-0.39, 0.29) is 0 Å². The van der Waals surface area contributed by atoms with Gasteiger partial charge in [0.2, 0.25) is 0 Å². The van der Waals surface area contributed by atoms with E-state index in [2.05, 4.69) is 38.4 Å². The van der Waals surface area contributed by atoms with Gasteiger partial charge in [-0.2, -0.15) is 4.37 Å². The summed E-state index contributed by atoms with van der Waals surface area (Å²) in [6.45, 7) is 10.4. The summed E-state index contributed by atoms with van der Waals surface area (Å²) in [5, 5.41) is 4.45. The molecule has 0 spiro atoms. The van der Waals surface area contributed by atoms with Crippen molar-refractivity contribution in [1.29, 1.82) is 0 Å². The molecule has 0 radical (unpaired) electrons. The minimum absolute atomic E-state index is 0.892. The Balaban J connectivity index is 2.05. The molecule has 0 saturated heterocycles. The maximum absolute atomic E-state index is 4.32. The van der Waals surface area contributed by atoms with Gasteiger partial charge < -0.3 is 10.2 Å². The van der Waals surface area contributed by atoms with E-state index >= 15 is 0 Å². The number of fused-ring (bicyclic) bond motifs is 1. The molecule has 2 rings (SSSR count). The molecule has 0 unspecified atom stereocenters. The molecule has 0 saturated carbocycles. The summed E-state index contributed by atoms with van der Waals surface area (Å²) < 4.78 is 4.32. The number of aromatic nitrogens is 3. The summed E-state index contributed by atoms with van der Waals surface area (Å²) in [6.07, 6.45) is 1.60. The molecule has 0 aromatic carbocycles. The molecule has 2 heterocycles. The van der Waals surface area contributed by atoms with Crippen LogP contribution in [0.25, 0.3) is 10.2 Å². The average Bonchev–Trinajstić information content (AvgIpc) is 2.77. The predicted octanol–water partition coefficient (Wildman–Crippen LogP) is 2.15. The zero-order chi connectivity index (χ0) is 13.0. The molecule has 0 fully saturated rings. The van der Waals surface area contributed by atoms with E-state index in [9.17, 15) is 0 Å². The first-order valence-electron chi connectivity index (χ1n) is 6.29. The smallest absolute Gasteiger partial charge is 0.149 e. The van der Waals surface area contributed by atoms with Crippen LogP contribution < -0.4 is 5.32 Å². The monoisotopic (exact) mass is 265 g/mol. The highest BCUT2D eigenvalue weighted by atomic mass is 32.1. The minimum Gasteiger partial charge on any atom is -0.368 e. The van der Waals surface area contributed by atoms with Crippen LogP contribution in [0.15, 0.2) is 6.33 Å². The Bertz CT molecular complexity index is 506. The van der Waals surface area contributed by atoms with Crippen LogP contribution in [-0.4, -0.2) is 45.4 Å². The van der Waals surface area contributed by atoms with Crippen molar-refractivity contribution < 1.29 is 0 Å². The van der Waals surface area contributed by atoms with Crippen molar-refractivity contribution in [2.75, 3.05) is 31.5 Å². The Morgan fingerprint density at radius 2 is 2.06 bits per heavy atom. The third-order valence-corrected chi connectivity index (χ3v) is 3.91. The summed E-state index contributed by atoms with van der Waals surface area (Å²) in [6, 6.07) is 0. The van der Waals surface area contributed by atoms with Gasteiger partial charge in [0, 0.05) is 13.1 Å². The number of likely N-dealkylation sites (N-methyl/N-ethyl adjacent to an activating group) is 1. The first kappa shape index (κ1) is 13.2. The van der Waals surface area contributed by atoms with E-state index in [1.807, 2.05) is 6.92 Å². The fraction of sp³-hybridized carbons (Fsp3) is 0.583. The van der Waals surface area contributed by atoms with Crippen LogP contribution in [0, 0.1) is 6.92 Å². The van der Waals surface area contributed by atoms with Gasteiger partial charge >= 0.3 is 0 Å². The van der Waals surface area contributed by atoms with Gasteiger partial charge in [-0.15, -0.1) is 0 Å². The van der Waals surface area contributed by atoms with Crippen molar-refractivity contribution in [3.8, 4) is 0 Å². The van der Waals surface area contributed by atoms with Crippen molar-refractivity contribution >= 4 is 27.6 Å². The van der Waals surface area contributed by atoms with Gasteiger partial charge in [0.1, 0.15) is 17.0 Å². The van der Waals surface area contributed by atoms with E-state index in [1.54, 1.807) is 6.33 Å². The highest BCUT2D eigenvalue weighted by molar-refractivity contribution is 7.13. The molecule has 5 nitrogen and oxygen atoms in total. The summed E-state index contributed by atoms with van der Waals surface area (Å²) in [5.41, 5.74) is 1.00. The number of nitrogens with one attached hydrogen (secondary N) is 1. The zero-order valence-corrected chi connectivity index (χ0v) is 11.9. The van der Waals surface area contributed by atoms with Gasteiger partial charge in [-0.1, -0.05) is 13.8 Å². The quantitative estimate of drug-likeness (QED) is 0.867. The Morgan fingerprint density at radius 1 is 1.28 bits per heavy atom. The number of hydrogen-bond acceptors (Lipinski definition) is 6. The number of nitrogens with zero attached hydrogens (tertiary/aromatic N) is 4. The van der Waals surface area contributed by atoms with Crippen LogP contribution in [0.4, 0.5) is 5.82 Å². The molecule has 0 aliphatic carbocycles. The highest BCUT2D eigenvalue weighted by Crippen LogP contribution is 2.25. The Labute approximate surface area is 111 Å². The Kier molecular flexibility index (Phi) is 4.43. The molecule has 0 aliphatic rings. The third-order valence-electron chi connectivity index (χ3n) is 3.06. The normalized spacial score (nSPS) is 11.3. The molecular weight excluding hydrogens is 246 g/mol. The van der Waals surface area contributed by atoms with Crippen molar-refractivity contribution in [1.82, 2.24) is 19.2 Å². The van der Waals surface area contributed by atoms with Gasteiger partial charge in [0.05, 0.1) is 11.1 Å². The Hall–Kier alpha value is -1.27. The van der Waals surface area contributed by atoms with E-state index in [4.69, 9.17) is 0 Å². The number of rotatable bonds is 6. The summed E-state index contributed by atoms with van der Waals surface area (Å²) >= 11 is 1.43. The highest BCUT2D eigenvalue weighted by Gasteiger charge is 2.09. The zero-order valence-electron chi connectivity index (χ0n) is 11.1. The molecule has 98 valence electrons. The molecule has 6 heteroatoms. The first-order valence-corrected chi connectivity index (χ1v) is 7.06. The summed E-state index contributed by atoms with van der Waals surface area (Å²) in [5.74, 6) is 0.901. The number of hydrogen-bond donors (Lipinski definition) is 1.